The van der Waals surface area contributed by atoms with Crippen molar-refractivity contribution in [2.45, 2.75) is 19.4 Å². The molecule has 0 radical (unpaired) electrons. The molecule has 1 unspecified atom stereocenters. The van der Waals surface area contributed by atoms with Crippen LogP contribution in [0.15, 0.2) is 108 Å². The van der Waals surface area contributed by atoms with Gasteiger partial charge in [0, 0.05) is 18.2 Å². The SMILES string of the molecule is COc1cc(OC)cc(C(=O)N(CCc2ccccc2)C(C)c2nc3ccccc3c(=O)n2-c2ccccc2)c1. The number of carbonyl (C=O) groups excluding carboxylic acids is 1. The van der Waals surface area contributed by atoms with Crippen LogP contribution in [0.5, 0.6) is 11.5 Å². The second kappa shape index (κ2) is 11.9. The molecule has 0 saturated carbocycles. The van der Waals surface area contributed by atoms with Gasteiger partial charge in [0.05, 0.1) is 36.9 Å². The van der Waals surface area contributed by atoms with Gasteiger partial charge in [-0.05, 0) is 55.3 Å². The molecule has 0 N–H and O–H groups in total. The Bertz CT molecular complexity index is 1660. The van der Waals surface area contributed by atoms with Gasteiger partial charge in [0.2, 0.25) is 0 Å². The summed E-state index contributed by atoms with van der Waals surface area (Å²) in [7, 11) is 3.10. The number of hydrogen-bond acceptors (Lipinski definition) is 5. The zero-order chi connectivity index (χ0) is 28.1. The third-order valence-corrected chi connectivity index (χ3v) is 7.00. The van der Waals surface area contributed by atoms with Crippen molar-refractivity contribution in [1.29, 1.82) is 0 Å². The first-order valence-corrected chi connectivity index (χ1v) is 13.1. The maximum atomic E-state index is 14.2. The Labute approximate surface area is 233 Å². The van der Waals surface area contributed by atoms with Crippen LogP contribution < -0.4 is 15.0 Å². The van der Waals surface area contributed by atoms with Crippen molar-refractivity contribution in [3.8, 4) is 17.2 Å². The molecule has 0 fully saturated rings. The summed E-state index contributed by atoms with van der Waals surface area (Å²) in [6.07, 6.45) is 0.626. The van der Waals surface area contributed by atoms with Crippen molar-refractivity contribution < 1.29 is 14.3 Å². The second-order valence-electron chi connectivity index (χ2n) is 9.47. The molecule has 40 heavy (non-hydrogen) atoms. The van der Waals surface area contributed by atoms with Crippen LogP contribution >= 0.6 is 0 Å². The number of benzene rings is 4. The zero-order valence-corrected chi connectivity index (χ0v) is 22.8. The summed E-state index contributed by atoms with van der Waals surface area (Å²) in [5, 5.41) is 0.516. The molecular weight excluding hydrogens is 502 g/mol. The number of para-hydroxylation sites is 2. The van der Waals surface area contributed by atoms with Gasteiger partial charge in [0.1, 0.15) is 17.3 Å². The summed E-state index contributed by atoms with van der Waals surface area (Å²) in [6, 6.07) is 31.3. The van der Waals surface area contributed by atoms with E-state index in [0.717, 1.165) is 5.56 Å². The van der Waals surface area contributed by atoms with Crippen LogP contribution in [0.2, 0.25) is 0 Å². The number of methoxy groups -OCH3 is 2. The van der Waals surface area contributed by atoms with E-state index in [9.17, 15) is 9.59 Å². The molecule has 0 saturated heterocycles. The van der Waals surface area contributed by atoms with Gasteiger partial charge >= 0.3 is 0 Å². The van der Waals surface area contributed by atoms with Crippen LogP contribution in [0, 0.1) is 0 Å². The molecule has 1 aromatic heterocycles. The summed E-state index contributed by atoms with van der Waals surface area (Å²) in [4.78, 5) is 34.8. The van der Waals surface area contributed by atoms with Gasteiger partial charge in [-0.2, -0.15) is 0 Å². The average molecular weight is 534 g/mol. The monoisotopic (exact) mass is 533 g/mol. The molecule has 5 aromatic rings. The van der Waals surface area contributed by atoms with Gasteiger partial charge in [0.25, 0.3) is 11.5 Å². The van der Waals surface area contributed by atoms with Crippen molar-refractivity contribution in [3.05, 3.63) is 130 Å². The van der Waals surface area contributed by atoms with E-state index in [-0.39, 0.29) is 11.5 Å². The molecule has 0 aliphatic rings. The van der Waals surface area contributed by atoms with E-state index in [1.165, 1.54) is 0 Å². The maximum Gasteiger partial charge on any atom is 0.266 e. The number of carbonyl (C=O) groups is 1. The molecule has 202 valence electrons. The lowest BCUT2D eigenvalue weighted by molar-refractivity contribution is 0.0683. The molecule has 1 atom stereocenters. The Balaban J connectivity index is 1.65. The molecule has 1 heterocycles. The standard InChI is InChI=1S/C33H31N3O4/c1-23(31-34-30-17-11-10-16-29(30)33(38)36(31)26-14-8-5-9-15-26)35(19-18-24-12-6-4-7-13-24)32(37)25-20-27(39-2)22-28(21-25)40-3/h4-17,20-23H,18-19H2,1-3H3. The van der Waals surface area contributed by atoms with Gasteiger partial charge in [-0.15, -0.1) is 0 Å². The number of rotatable bonds is 9. The number of hydrogen-bond donors (Lipinski definition) is 0. The van der Waals surface area contributed by atoms with Gasteiger partial charge in [0.15, 0.2) is 0 Å². The highest BCUT2D eigenvalue weighted by molar-refractivity contribution is 5.95. The normalized spacial score (nSPS) is 11.7. The van der Waals surface area contributed by atoms with Crippen LogP contribution in [-0.2, 0) is 6.42 Å². The highest BCUT2D eigenvalue weighted by atomic mass is 16.5. The molecule has 0 aliphatic carbocycles. The van der Waals surface area contributed by atoms with Crippen molar-refractivity contribution in [1.82, 2.24) is 14.5 Å². The average Bonchev–Trinajstić information content (AvgIpc) is 3.01. The van der Waals surface area contributed by atoms with E-state index in [4.69, 9.17) is 14.5 Å². The van der Waals surface area contributed by atoms with Crippen molar-refractivity contribution in [2.75, 3.05) is 20.8 Å². The smallest absolute Gasteiger partial charge is 0.266 e. The van der Waals surface area contributed by atoms with Crippen molar-refractivity contribution in [2.24, 2.45) is 0 Å². The van der Waals surface area contributed by atoms with Gasteiger partial charge in [-0.3, -0.25) is 14.2 Å². The van der Waals surface area contributed by atoms with Crippen LogP contribution in [0.4, 0.5) is 0 Å². The van der Waals surface area contributed by atoms with Crippen molar-refractivity contribution in [3.63, 3.8) is 0 Å². The van der Waals surface area contributed by atoms with Gasteiger partial charge in [-0.1, -0.05) is 60.7 Å². The summed E-state index contributed by atoms with van der Waals surface area (Å²) in [6.45, 7) is 2.32. The lowest BCUT2D eigenvalue weighted by Gasteiger charge is -2.31. The molecule has 0 aliphatic heterocycles. The predicted octanol–water partition coefficient (Wildman–Crippen LogP) is 5.85. The van der Waals surface area contributed by atoms with Gasteiger partial charge in [-0.25, -0.2) is 4.98 Å². The fourth-order valence-electron chi connectivity index (χ4n) is 4.86. The molecule has 5 rings (SSSR count). The highest BCUT2D eigenvalue weighted by Gasteiger charge is 2.28. The summed E-state index contributed by atoms with van der Waals surface area (Å²) in [5.74, 6) is 1.29. The van der Waals surface area contributed by atoms with Crippen LogP contribution in [0.25, 0.3) is 16.6 Å². The fourth-order valence-corrected chi connectivity index (χ4v) is 4.86. The fraction of sp³-hybridized carbons (Fsp3) is 0.182. The Kier molecular flexibility index (Phi) is 7.92. The number of nitrogens with zero attached hydrogens (tertiary/aromatic N) is 3. The number of ether oxygens (including phenoxy) is 2. The molecule has 0 bridgehead atoms. The van der Waals surface area contributed by atoms with Gasteiger partial charge < -0.3 is 14.4 Å². The minimum atomic E-state index is -0.550. The van der Waals surface area contributed by atoms with E-state index in [1.54, 1.807) is 48.0 Å². The number of aromatic nitrogens is 2. The van der Waals surface area contributed by atoms with E-state index in [0.29, 0.717) is 52.4 Å². The molecule has 7 nitrogen and oxygen atoms in total. The number of amides is 1. The third-order valence-electron chi connectivity index (χ3n) is 7.00. The molecular formula is C33H31N3O4. The van der Waals surface area contributed by atoms with Crippen LogP contribution in [0.1, 0.15) is 34.7 Å². The first-order chi connectivity index (χ1) is 19.5. The largest absolute Gasteiger partial charge is 0.497 e. The Hall–Kier alpha value is -4.91. The molecule has 0 spiro atoms. The Morgan fingerprint density at radius 1 is 0.850 bits per heavy atom. The minimum Gasteiger partial charge on any atom is -0.497 e. The lowest BCUT2D eigenvalue weighted by atomic mass is 10.1. The lowest BCUT2D eigenvalue weighted by Crippen LogP contribution is -2.38. The summed E-state index contributed by atoms with van der Waals surface area (Å²) < 4.78 is 12.5. The quantitative estimate of drug-likeness (QED) is 0.238. The summed E-state index contributed by atoms with van der Waals surface area (Å²) >= 11 is 0. The molecule has 4 aromatic carbocycles. The Morgan fingerprint density at radius 2 is 1.45 bits per heavy atom. The number of fused-ring (bicyclic) bond motifs is 1. The zero-order valence-electron chi connectivity index (χ0n) is 22.8. The minimum absolute atomic E-state index is 0.183. The Morgan fingerprint density at radius 3 is 2.10 bits per heavy atom. The first-order valence-electron chi connectivity index (χ1n) is 13.1. The van der Waals surface area contributed by atoms with E-state index < -0.39 is 6.04 Å². The maximum absolute atomic E-state index is 14.2. The molecule has 1 amide bonds. The van der Waals surface area contributed by atoms with E-state index >= 15 is 0 Å². The van der Waals surface area contributed by atoms with Crippen molar-refractivity contribution >= 4 is 16.8 Å². The van der Waals surface area contributed by atoms with E-state index in [1.807, 2.05) is 85.8 Å². The topological polar surface area (TPSA) is 73.7 Å². The van der Waals surface area contributed by atoms with Crippen LogP contribution in [-0.4, -0.2) is 41.1 Å². The first kappa shape index (κ1) is 26.7. The van der Waals surface area contributed by atoms with E-state index in [2.05, 4.69) is 0 Å². The summed E-state index contributed by atoms with van der Waals surface area (Å²) in [5.41, 5.74) is 2.61. The molecule has 7 heteroatoms. The predicted molar refractivity (Wildman–Crippen MR) is 156 cm³/mol. The highest BCUT2D eigenvalue weighted by Crippen LogP contribution is 2.28. The second-order valence-corrected chi connectivity index (χ2v) is 9.47. The van der Waals surface area contributed by atoms with Crippen LogP contribution in [0.3, 0.4) is 0 Å². The third kappa shape index (κ3) is 5.45.